The fraction of sp³-hybridized carbons (Fsp3) is 1.00. The fourth-order valence-corrected chi connectivity index (χ4v) is 12.3. The van der Waals surface area contributed by atoms with Gasteiger partial charge in [0.25, 0.3) is 0 Å². The van der Waals surface area contributed by atoms with Crippen molar-refractivity contribution in [3.8, 4) is 0 Å². The number of hydrogen-bond donors (Lipinski definition) is 0. The molecule has 0 heterocycles. The third-order valence-electron chi connectivity index (χ3n) is 2.62. The van der Waals surface area contributed by atoms with E-state index in [4.69, 9.17) is 11.2 Å². The zero-order valence-electron chi connectivity index (χ0n) is 11.7. The molecule has 0 bridgehead atoms. The van der Waals surface area contributed by atoms with Crippen molar-refractivity contribution in [1.29, 1.82) is 0 Å². The minimum absolute atomic E-state index is 0.725. The van der Waals surface area contributed by atoms with Crippen LogP contribution in [0.5, 0.6) is 0 Å². The van der Waals surface area contributed by atoms with E-state index < -0.39 is 5.96 Å². The van der Waals surface area contributed by atoms with Gasteiger partial charge in [0.05, 0.1) is 0 Å². The molecule has 2 heteroatoms. The standard InChI is InChI=1S/C13H30ClP/c1-11(2)8-15(7,14,9-12(3)4)10-13(5)6/h11-13H,8-10H2,1-7H3. The van der Waals surface area contributed by atoms with Crippen LogP contribution < -0.4 is 0 Å². The molecule has 94 valence electrons. The van der Waals surface area contributed by atoms with Crippen LogP contribution in [-0.4, -0.2) is 25.2 Å². The van der Waals surface area contributed by atoms with Gasteiger partial charge >= 0.3 is 102 Å². The molecule has 0 unspecified atom stereocenters. The van der Waals surface area contributed by atoms with E-state index in [2.05, 4.69) is 48.2 Å². The van der Waals surface area contributed by atoms with Crippen molar-refractivity contribution in [3.05, 3.63) is 0 Å². The third-order valence-corrected chi connectivity index (χ3v) is 9.12. The maximum absolute atomic E-state index is 7.11. The third kappa shape index (κ3) is 6.80. The molecular weight excluding hydrogens is 223 g/mol. The van der Waals surface area contributed by atoms with Crippen molar-refractivity contribution in [3.63, 3.8) is 0 Å². The summed E-state index contributed by atoms with van der Waals surface area (Å²) < 4.78 is 0. The van der Waals surface area contributed by atoms with Gasteiger partial charge in [0.1, 0.15) is 0 Å². The van der Waals surface area contributed by atoms with Crippen LogP contribution in [0.1, 0.15) is 41.5 Å². The van der Waals surface area contributed by atoms with Crippen molar-refractivity contribution >= 4 is 17.2 Å². The van der Waals surface area contributed by atoms with E-state index in [1.807, 2.05) is 0 Å². The van der Waals surface area contributed by atoms with Crippen molar-refractivity contribution in [2.75, 3.05) is 25.2 Å². The van der Waals surface area contributed by atoms with Crippen LogP contribution in [0.3, 0.4) is 0 Å². The normalized spacial score (nSPS) is 16.1. The Bertz CT molecular complexity index is 161. The molecular formula is C13H30ClP. The van der Waals surface area contributed by atoms with Gasteiger partial charge in [0.15, 0.2) is 0 Å². The van der Waals surface area contributed by atoms with Crippen LogP contribution in [-0.2, 0) is 0 Å². The molecule has 0 fully saturated rings. The second kappa shape index (κ2) is 5.37. The van der Waals surface area contributed by atoms with Crippen LogP contribution >= 0.6 is 17.2 Å². The van der Waals surface area contributed by atoms with Crippen LogP contribution in [0.25, 0.3) is 0 Å². The van der Waals surface area contributed by atoms with Gasteiger partial charge in [-0.05, 0) is 0 Å². The minimum atomic E-state index is -1.94. The monoisotopic (exact) mass is 252 g/mol. The second-order valence-corrected chi connectivity index (χ2v) is 15.4. The summed E-state index contributed by atoms with van der Waals surface area (Å²) in [4.78, 5) is 0. The molecule has 0 radical (unpaired) electrons. The Morgan fingerprint density at radius 3 is 1.07 bits per heavy atom. The van der Waals surface area contributed by atoms with Gasteiger partial charge in [0, 0.05) is 0 Å². The van der Waals surface area contributed by atoms with Crippen molar-refractivity contribution in [2.24, 2.45) is 17.8 Å². The van der Waals surface area contributed by atoms with Crippen LogP contribution in [0.2, 0.25) is 0 Å². The molecule has 0 aromatic carbocycles. The van der Waals surface area contributed by atoms with Crippen molar-refractivity contribution < 1.29 is 0 Å². The molecule has 0 aliphatic rings. The molecule has 0 aromatic heterocycles. The summed E-state index contributed by atoms with van der Waals surface area (Å²) in [6.45, 7) is 16.2. The van der Waals surface area contributed by atoms with Crippen molar-refractivity contribution in [2.45, 2.75) is 41.5 Å². The van der Waals surface area contributed by atoms with E-state index in [0.717, 1.165) is 17.8 Å². The Morgan fingerprint density at radius 1 is 0.733 bits per heavy atom. The SMILES string of the molecule is CC(C)CP(C)(Cl)(CC(C)C)CC(C)C. The van der Waals surface area contributed by atoms with E-state index in [9.17, 15) is 0 Å². The summed E-state index contributed by atoms with van der Waals surface area (Å²) in [7, 11) is 0. The Hall–Kier alpha value is 0.720. The van der Waals surface area contributed by atoms with Crippen LogP contribution in [0.15, 0.2) is 0 Å². The van der Waals surface area contributed by atoms with E-state index in [0.29, 0.717) is 0 Å². The quantitative estimate of drug-likeness (QED) is 0.564. The summed E-state index contributed by atoms with van der Waals surface area (Å²) in [5, 5.41) is 0. The van der Waals surface area contributed by atoms with E-state index in [1.165, 1.54) is 18.5 Å². The molecule has 0 aliphatic carbocycles. The molecule has 0 aliphatic heterocycles. The summed E-state index contributed by atoms with van der Waals surface area (Å²) >= 11 is 7.11. The molecule has 0 amide bonds. The molecule has 0 nitrogen and oxygen atoms in total. The molecule has 0 spiro atoms. The Labute approximate surface area is 102 Å². The summed E-state index contributed by atoms with van der Waals surface area (Å²) in [5.74, 6) is 0.233. The van der Waals surface area contributed by atoms with Crippen LogP contribution in [0, 0.1) is 17.8 Å². The van der Waals surface area contributed by atoms with Crippen LogP contribution in [0.4, 0.5) is 0 Å². The molecule has 15 heavy (non-hydrogen) atoms. The zero-order valence-corrected chi connectivity index (χ0v) is 13.3. The first-order valence-corrected chi connectivity index (χ1v) is 10.4. The Kier molecular flexibility index (Phi) is 5.63. The Morgan fingerprint density at radius 2 is 0.933 bits per heavy atom. The van der Waals surface area contributed by atoms with Crippen molar-refractivity contribution in [1.82, 2.24) is 0 Å². The van der Waals surface area contributed by atoms with Gasteiger partial charge < -0.3 is 0 Å². The van der Waals surface area contributed by atoms with E-state index >= 15 is 0 Å². The molecule has 0 N–H and O–H groups in total. The molecule has 0 saturated carbocycles. The second-order valence-electron chi connectivity index (χ2n) is 6.88. The van der Waals surface area contributed by atoms with E-state index in [1.54, 1.807) is 0 Å². The van der Waals surface area contributed by atoms with Gasteiger partial charge in [-0.1, -0.05) is 0 Å². The predicted molar refractivity (Wildman–Crippen MR) is 77.8 cm³/mol. The topological polar surface area (TPSA) is 0 Å². The van der Waals surface area contributed by atoms with Gasteiger partial charge in [-0.15, -0.1) is 0 Å². The predicted octanol–water partition coefficient (Wildman–Crippen LogP) is 5.29. The first-order chi connectivity index (χ1) is 6.53. The number of rotatable bonds is 6. The first kappa shape index (κ1) is 15.7. The zero-order chi connectivity index (χ0) is 12.3. The molecule has 0 rings (SSSR count). The first-order valence-electron chi connectivity index (χ1n) is 6.25. The van der Waals surface area contributed by atoms with E-state index in [-0.39, 0.29) is 0 Å². The van der Waals surface area contributed by atoms with Gasteiger partial charge in [0.2, 0.25) is 0 Å². The average molecular weight is 253 g/mol. The number of halogens is 1. The van der Waals surface area contributed by atoms with Gasteiger partial charge in [-0.2, -0.15) is 0 Å². The fourth-order valence-electron chi connectivity index (χ4n) is 3.28. The Balaban J connectivity index is 4.79. The van der Waals surface area contributed by atoms with Gasteiger partial charge in [-0.3, -0.25) is 0 Å². The molecule has 0 saturated heterocycles. The summed E-state index contributed by atoms with van der Waals surface area (Å²) in [6.07, 6.45) is 3.72. The molecule has 0 atom stereocenters. The maximum atomic E-state index is 7.11. The number of hydrogen-bond acceptors (Lipinski definition) is 0. The summed E-state index contributed by atoms with van der Waals surface area (Å²) in [5.41, 5.74) is 0. The van der Waals surface area contributed by atoms with Gasteiger partial charge in [-0.25, -0.2) is 0 Å². The summed E-state index contributed by atoms with van der Waals surface area (Å²) in [6, 6.07) is 0. The average Bonchev–Trinajstić information content (AvgIpc) is 1.74. The molecule has 0 aromatic rings.